The molecule has 1 heterocycles. The summed E-state index contributed by atoms with van der Waals surface area (Å²) in [5.41, 5.74) is 0. The van der Waals surface area contributed by atoms with Crippen molar-refractivity contribution in [3.8, 4) is 0 Å². The predicted octanol–water partition coefficient (Wildman–Crippen LogP) is 4.32. The average Bonchev–Trinajstić information content (AvgIpc) is 2.38. The van der Waals surface area contributed by atoms with E-state index in [0.29, 0.717) is 16.6 Å². The summed E-state index contributed by atoms with van der Waals surface area (Å²) in [4.78, 5) is 0.177. The molecule has 1 saturated heterocycles. The van der Waals surface area contributed by atoms with Crippen molar-refractivity contribution in [1.82, 2.24) is 4.31 Å². The minimum Gasteiger partial charge on any atom is -0.207 e. The maximum absolute atomic E-state index is 12.8. The minimum absolute atomic E-state index is 0.0471. The van der Waals surface area contributed by atoms with Crippen molar-refractivity contribution in [1.29, 1.82) is 0 Å². The van der Waals surface area contributed by atoms with Crippen molar-refractivity contribution in [3.63, 3.8) is 0 Å². The van der Waals surface area contributed by atoms with E-state index in [1.54, 1.807) is 4.31 Å². The third kappa shape index (κ3) is 3.69. The third-order valence-corrected chi connectivity index (χ3v) is 6.28. The van der Waals surface area contributed by atoms with Crippen LogP contribution in [0.25, 0.3) is 0 Å². The van der Waals surface area contributed by atoms with Crippen molar-refractivity contribution < 1.29 is 8.42 Å². The van der Waals surface area contributed by atoms with Crippen LogP contribution in [0, 0.1) is 0 Å². The van der Waals surface area contributed by atoms with Gasteiger partial charge in [-0.2, -0.15) is 4.31 Å². The van der Waals surface area contributed by atoms with Crippen molar-refractivity contribution in [2.45, 2.75) is 36.6 Å². The molecule has 1 fully saturated rings. The zero-order valence-corrected chi connectivity index (χ0v) is 14.8. The van der Waals surface area contributed by atoms with Crippen LogP contribution in [0.3, 0.4) is 0 Å². The lowest BCUT2D eigenvalue weighted by atomic mass is 10.0. The van der Waals surface area contributed by atoms with Gasteiger partial charge in [0, 0.05) is 28.0 Å². The Morgan fingerprint density at radius 1 is 1.20 bits per heavy atom. The molecule has 112 valence electrons. The van der Waals surface area contributed by atoms with Crippen molar-refractivity contribution in [3.05, 3.63) is 28.2 Å². The van der Waals surface area contributed by atoms with Crippen molar-refractivity contribution >= 4 is 49.2 Å². The highest BCUT2D eigenvalue weighted by molar-refractivity contribution is 9.09. The van der Waals surface area contributed by atoms with E-state index in [4.69, 9.17) is 23.2 Å². The fraction of sp³-hybridized carbons (Fsp3) is 0.538. The summed E-state index contributed by atoms with van der Waals surface area (Å²) in [5, 5.41) is 1.47. The van der Waals surface area contributed by atoms with Gasteiger partial charge in [0.15, 0.2) is 0 Å². The summed E-state index contributed by atoms with van der Waals surface area (Å²) in [5.74, 6) is 0. The van der Waals surface area contributed by atoms with E-state index >= 15 is 0 Å². The van der Waals surface area contributed by atoms with Gasteiger partial charge in [-0.15, -0.1) is 0 Å². The van der Waals surface area contributed by atoms with Crippen LogP contribution in [-0.2, 0) is 10.0 Å². The van der Waals surface area contributed by atoms with Crippen LogP contribution in [0.5, 0.6) is 0 Å². The average molecular weight is 401 g/mol. The highest BCUT2D eigenvalue weighted by atomic mass is 79.9. The number of piperidine rings is 1. The van der Waals surface area contributed by atoms with Crippen LogP contribution in [0.4, 0.5) is 0 Å². The lowest BCUT2D eigenvalue weighted by molar-refractivity contribution is 0.248. The molecule has 0 amide bonds. The first-order chi connectivity index (χ1) is 9.45. The lowest BCUT2D eigenvalue weighted by Crippen LogP contribution is -2.43. The van der Waals surface area contributed by atoms with Crippen molar-refractivity contribution in [2.75, 3.05) is 11.9 Å². The molecule has 1 aliphatic rings. The fourth-order valence-corrected chi connectivity index (χ4v) is 5.50. The lowest BCUT2D eigenvalue weighted by Gasteiger charge is -2.34. The van der Waals surface area contributed by atoms with Crippen LogP contribution >= 0.6 is 39.1 Å². The van der Waals surface area contributed by atoms with Gasteiger partial charge in [0.2, 0.25) is 10.0 Å². The molecule has 1 atom stereocenters. The SMILES string of the molecule is O=S(=O)(c1cc(Cl)cc(Cl)c1)N1CCCCC1CCBr. The molecule has 1 aromatic rings. The van der Waals surface area contributed by atoms with Gasteiger partial charge in [0.1, 0.15) is 0 Å². The molecule has 7 heteroatoms. The molecular formula is C13H16BrCl2NO2S. The highest BCUT2D eigenvalue weighted by Crippen LogP contribution is 2.30. The molecular weight excluding hydrogens is 385 g/mol. The smallest absolute Gasteiger partial charge is 0.207 e. The summed E-state index contributed by atoms with van der Waals surface area (Å²) in [6.45, 7) is 0.560. The second kappa shape index (κ2) is 6.97. The fourth-order valence-electron chi connectivity index (χ4n) is 2.52. The number of sulfonamides is 1. The van der Waals surface area contributed by atoms with Gasteiger partial charge in [-0.25, -0.2) is 8.42 Å². The van der Waals surface area contributed by atoms with Crippen LogP contribution in [0.15, 0.2) is 23.1 Å². The van der Waals surface area contributed by atoms with E-state index in [9.17, 15) is 8.42 Å². The Kier molecular flexibility index (Phi) is 5.77. The van der Waals surface area contributed by atoms with Crippen LogP contribution in [-0.4, -0.2) is 30.6 Å². The van der Waals surface area contributed by atoms with E-state index in [2.05, 4.69) is 15.9 Å². The number of benzene rings is 1. The zero-order chi connectivity index (χ0) is 14.8. The second-order valence-electron chi connectivity index (χ2n) is 4.85. The van der Waals surface area contributed by atoms with Crippen LogP contribution in [0.2, 0.25) is 10.0 Å². The maximum atomic E-state index is 12.8. The first kappa shape index (κ1) is 16.6. The molecule has 1 unspecified atom stereocenters. The summed E-state index contributed by atoms with van der Waals surface area (Å²) >= 11 is 15.2. The largest absolute Gasteiger partial charge is 0.243 e. The Labute approximate surface area is 138 Å². The van der Waals surface area contributed by atoms with E-state index in [-0.39, 0.29) is 10.9 Å². The molecule has 20 heavy (non-hydrogen) atoms. The van der Waals surface area contributed by atoms with Gasteiger partial charge < -0.3 is 0 Å². The van der Waals surface area contributed by atoms with Crippen molar-refractivity contribution in [2.24, 2.45) is 0 Å². The Bertz CT molecular complexity index is 557. The van der Waals surface area contributed by atoms with E-state index in [1.807, 2.05) is 0 Å². The van der Waals surface area contributed by atoms with E-state index < -0.39 is 10.0 Å². The van der Waals surface area contributed by atoms with Gasteiger partial charge >= 0.3 is 0 Å². The molecule has 0 aliphatic carbocycles. The molecule has 0 N–H and O–H groups in total. The monoisotopic (exact) mass is 399 g/mol. The van der Waals surface area contributed by atoms with Crippen LogP contribution < -0.4 is 0 Å². The van der Waals surface area contributed by atoms with Crippen LogP contribution in [0.1, 0.15) is 25.7 Å². The Hall–Kier alpha value is 0.190. The van der Waals surface area contributed by atoms with Gasteiger partial charge in [-0.05, 0) is 37.5 Å². The summed E-state index contributed by atoms with van der Waals surface area (Å²) < 4.78 is 27.1. The minimum atomic E-state index is -3.53. The summed E-state index contributed by atoms with van der Waals surface area (Å²) in [6.07, 6.45) is 3.68. The normalized spacial score (nSPS) is 21.1. The third-order valence-electron chi connectivity index (χ3n) is 3.46. The van der Waals surface area contributed by atoms with E-state index in [1.165, 1.54) is 18.2 Å². The number of hydrogen-bond acceptors (Lipinski definition) is 2. The summed E-state index contributed by atoms with van der Waals surface area (Å²) in [6, 6.07) is 4.50. The molecule has 0 aromatic heterocycles. The Morgan fingerprint density at radius 3 is 2.45 bits per heavy atom. The quantitative estimate of drug-likeness (QED) is 0.705. The molecule has 0 spiro atoms. The molecule has 2 rings (SSSR count). The molecule has 0 saturated carbocycles. The number of nitrogens with zero attached hydrogens (tertiary/aromatic N) is 1. The topological polar surface area (TPSA) is 37.4 Å². The number of rotatable bonds is 4. The first-order valence-corrected chi connectivity index (χ1v) is 9.81. The molecule has 1 aliphatic heterocycles. The highest BCUT2D eigenvalue weighted by Gasteiger charge is 2.33. The molecule has 0 radical (unpaired) electrons. The van der Waals surface area contributed by atoms with E-state index in [0.717, 1.165) is 31.0 Å². The Morgan fingerprint density at radius 2 is 1.85 bits per heavy atom. The predicted molar refractivity (Wildman–Crippen MR) is 86.4 cm³/mol. The molecule has 1 aromatic carbocycles. The number of hydrogen-bond donors (Lipinski definition) is 0. The first-order valence-electron chi connectivity index (χ1n) is 6.49. The summed E-state index contributed by atoms with van der Waals surface area (Å²) in [7, 11) is -3.53. The number of alkyl halides is 1. The maximum Gasteiger partial charge on any atom is 0.243 e. The zero-order valence-electron chi connectivity index (χ0n) is 10.9. The van der Waals surface area contributed by atoms with Gasteiger partial charge in [0.05, 0.1) is 4.90 Å². The van der Waals surface area contributed by atoms with Gasteiger partial charge in [-0.1, -0.05) is 45.6 Å². The van der Waals surface area contributed by atoms with Gasteiger partial charge in [0.25, 0.3) is 0 Å². The molecule has 3 nitrogen and oxygen atoms in total. The number of halogens is 3. The standard InChI is InChI=1S/C13H16BrCl2NO2S/c14-5-4-12-3-1-2-6-17(12)20(18,19)13-8-10(15)7-11(16)9-13/h7-9,12H,1-6H2. The molecule has 0 bridgehead atoms. The van der Waals surface area contributed by atoms with Gasteiger partial charge in [-0.3, -0.25) is 0 Å². The second-order valence-corrected chi connectivity index (χ2v) is 8.40. The Balaban J connectivity index is 2.36.